The van der Waals surface area contributed by atoms with E-state index in [1.165, 1.54) is 54.0 Å². The van der Waals surface area contributed by atoms with Gasteiger partial charge in [-0.3, -0.25) is 0 Å². The number of hydrogen-bond donors (Lipinski definition) is 1. The van der Waals surface area contributed by atoms with Crippen LogP contribution in [-0.4, -0.2) is 6.21 Å². The average molecular weight is 344 g/mol. The molecule has 26 heavy (non-hydrogen) atoms. The zero-order valence-electron chi connectivity index (χ0n) is 16.2. The normalized spacial score (nSPS) is 23.8. The van der Waals surface area contributed by atoms with Gasteiger partial charge in [-0.1, -0.05) is 54.0 Å². The Morgan fingerprint density at radius 2 is 1.69 bits per heavy atom. The SMILES string of the molecule is CC1=C(C)C(C)=C(C2CCCC(c3c(C=N)ccc4ccccc34)C2)C1. The second-order valence-electron chi connectivity index (χ2n) is 8.23. The first-order valence-electron chi connectivity index (χ1n) is 9.98. The molecule has 2 atom stereocenters. The van der Waals surface area contributed by atoms with Crippen LogP contribution >= 0.6 is 0 Å². The van der Waals surface area contributed by atoms with Crippen molar-refractivity contribution < 1.29 is 0 Å². The van der Waals surface area contributed by atoms with Crippen LogP contribution in [0.1, 0.15) is 69.9 Å². The van der Waals surface area contributed by atoms with Gasteiger partial charge in [0.1, 0.15) is 0 Å². The van der Waals surface area contributed by atoms with Gasteiger partial charge < -0.3 is 5.41 Å². The van der Waals surface area contributed by atoms with E-state index >= 15 is 0 Å². The Labute approximate surface area is 157 Å². The minimum absolute atomic E-state index is 0.568. The molecule has 134 valence electrons. The molecule has 0 heterocycles. The molecule has 0 amide bonds. The topological polar surface area (TPSA) is 23.9 Å². The summed E-state index contributed by atoms with van der Waals surface area (Å²) in [6.45, 7) is 6.91. The van der Waals surface area contributed by atoms with Crippen LogP contribution in [0.2, 0.25) is 0 Å². The van der Waals surface area contributed by atoms with Crippen molar-refractivity contribution in [2.75, 3.05) is 0 Å². The maximum atomic E-state index is 7.94. The third-order valence-corrected chi connectivity index (χ3v) is 6.88. The lowest BCUT2D eigenvalue weighted by Gasteiger charge is -2.32. The molecule has 4 rings (SSSR count). The summed E-state index contributed by atoms with van der Waals surface area (Å²) in [7, 11) is 0. The van der Waals surface area contributed by atoms with Crippen molar-refractivity contribution in [2.45, 2.75) is 58.8 Å². The number of rotatable bonds is 3. The van der Waals surface area contributed by atoms with E-state index in [9.17, 15) is 0 Å². The second kappa shape index (κ2) is 6.87. The van der Waals surface area contributed by atoms with Gasteiger partial charge in [-0.05, 0) is 91.3 Å². The third kappa shape index (κ3) is 2.84. The van der Waals surface area contributed by atoms with Crippen LogP contribution in [0.3, 0.4) is 0 Å². The highest BCUT2D eigenvalue weighted by Gasteiger charge is 2.30. The number of benzene rings is 2. The van der Waals surface area contributed by atoms with E-state index in [0.29, 0.717) is 11.8 Å². The van der Waals surface area contributed by atoms with Crippen LogP contribution in [0.15, 0.2) is 58.7 Å². The summed E-state index contributed by atoms with van der Waals surface area (Å²) in [5, 5.41) is 10.6. The molecule has 1 N–H and O–H groups in total. The monoisotopic (exact) mass is 343 g/mol. The van der Waals surface area contributed by atoms with E-state index in [2.05, 4.69) is 57.2 Å². The standard InChI is InChI=1S/C25H29N/c1-16-13-24(18(3)17(16)2)20-8-6-9-21(14-20)25-22(15-26)12-11-19-7-4-5-10-23(19)25/h4-5,7,10-12,15,20-21,26H,6,8-9,13-14H2,1-3H3. The van der Waals surface area contributed by atoms with Crippen LogP contribution in [-0.2, 0) is 0 Å². The summed E-state index contributed by atoms with van der Waals surface area (Å²) in [4.78, 5) is 0. The molecule has 2 aromatic rings. The Balaban J connectivity index is 1.72. The van der Waals surface area contributed by atoms with Crippen molar-refractivity contribution in [2.24, 2.45) is 5.92 Å². The van der Waals surface area contributed by atoms with Crippen molar-refractivity contribution in [3.8, 4) is 0 Å². The maximum Gasteiger partial charge on any atom is 0.0253 e. The zero-order chi connectivity index (χ0) is 18.3. The first-order chi connectivity index (χ1) is 12.6. The summed E-state index contributed by atoms with van der Waals surface area (Å²) in [6.07, 6.45) is 7.85. The molecular formula is C25H29N. The van der Waals surface area contributed by atoms with Crippen LogP contribution in [0.25, 0.3) is 10.8 Å². The second-order valence-corrected chi connectivity index (χ2v) is 8.23. The zero-order valence-corrected chi connectivity index (χ0v) is 16.2. The van der Waals surface area contributed by atoms with E-state index in [4.69, 9.17) is 5.41 Å². The van der Waals surface area contributed by atoms with Gasteiger partial charge in [0, 0.05) is 6.21 Å². The summed E-state index contributed by atoms with van der Waals surface area (Å²) in [6, 6.07) is 13.0. The quantitative estimate of drug-likeness (QED) is 0.571. The molecule has 0 radical (unpaired) electrons. The first-order valence-corrected chi connectivity index (χ1v) is 9.98. The lowest BCUT2D eigenvalue weighted by atomic mass is 9.72. The highest BCUT2D eigenvalue weighted by Crippen LogP contribution is 2.46. The molecule has 0 bridgehead atoms. The first kappa shape index (κ1) is 17.3. The smallest absolute Gasteiger partial charge is 0.0253 e. The molecule has 2 aliphatic rings. The van der Waals surface area contributed by atoms with E-state index in [-0.39, 0.29) is 0 Å². The van der Waals surface area contributed by atoms with Crippen LogP contribution in [0.5, 0.6) is 0 Å². The average Bonchev–Trinajstić information content (AvgIpc) is 2.94. The fraction of sp³-hybridized carbons (Fsp3) is 0.400. The van der Waals surface area contributed by atoms with Crippen LogP contribution < -0.4 is 0 Å². The minimum Gasteiger partial charge on any atom is -0.308 e. The molecule has 1 saturated carbocycles. The number of fused-ring (bicyclic) bond motifs is 1. The van der Waals surface area contributed by atoms with Gasteiger partial charge in [0.2, 0.25) is 0 Å². The largest absolute Gasteiger partial charge is 0.308 e. The highest BCUT2D eigenvalue weighted by atomic mass is 14.4. The molecule has 0 saturated heterocycles. The molecule has 1 heteroatoms. The van der Waals surface area contributed by atoms with Crippen molar-refractivity contribution in [1.82, 2.24) is 0 Å². The Morgan fingerprint density at radius 1 is 0.923 bits per heavy atom. The van der Waals surface area contributed by atoms with Gasteiger partial charge in [0.15, 0.2) is 0 Å². The van der Waals surface area contributed by atoms with Crippen molar-refractivity contribution in [1.29, 1.82) is 5.41 Å². The number of hydrogen-bond acceptors (Lipinski definition) is 1. The Bertz CT molecular complexity index is 928. The van der Waals surface area contributed by atoms with Crippen molar-refractivity contribution in [3.05, 3.63) is 69.8 Å². The molecule has 2 aliphatic carbocycles. The molecule has 0 aromatic heterocycles. The predicted octanol–water partition coefficient (Wildman–Crippen LogP) is 7.17. The van der Waals surface area contributed by atoms with Crippen molar-refractivity contribution >= 4 is 17.0 Å². The van der Waals surface area contributed by atoms with E-state index in [0.717, 1.165) is 5.56 Å². The van der Waals surface area contributed by atoms with E-state index < -0.39 is 0 Å². The van der Waals surface area contributed by atoms with Crippen LogP contribution in [0.4, 0.5) is 0 Å². The van der Waals surface area contributed by atoms with E-state index in [1.807, 2.05) is 0 Å². The summed E-state index contributed by atoms with van der Waals surface area (Å²) < 4.78 is 0. The van der Waals surface area contributed by atoms with Crippen molar-refractivity contribution in [3.63, 3.8) is 0 Å². The Hall–Kier alpha value is -2.15. The summed E-state index contributed by atoms with van der Waals surface area (Å²) in [5.41, 5.74) is 8.86. The Morgan fingerprint density at radius 3 is 2.42 bits per heavy atom. The minimum atomic E-state index is 0.568. The third-order valence-electron chi connectivity index (χ3n) is 6.88. The van der Waals surface area contributed by atoms with Gasteiger partial charge in [0.25, 0.3) is 0 Å². The predicted molar refractivity (Wildman–Crippen MR) is 112 cm³/mol. The summed E-state index contributed by atoms with van der Waals surface area (Å²) in [5.74, 6) is 1.27. The molecule has 2 aromatic carbocycles. The molecule has 1 fully saturated rings. The summed E-state index contributed by atoms with van der Waals surface area (Å²) >= 11 is 0. The van der Waals surface area contributed by atoms with Gasteiger partial charge in [0.05, 0.1) is 0 Å². The number of allylic oxidation sites excluding steroid dienone is 4. The van der Waals surface area contributed by atoms with Gasteiger partial charge in [-0.15, -0.1) is 0 Å². The molecule has 0 spiro atoms. The highest BCUT2D eigenvalue weighted by molar-refractivity contribution is 5.94. The fourth-order valence-electron chi connectivity index (χ4n) is 5.22. The Kier molecular flexibility index (Phi) is 4.56. The molecule has 0 aliphatic heterocycles. The van der Waals surface area contributed by atoms with Gasteiger partial charge in [-0.2, -0.15) is 0 Å². The lowest BCUT2D eigenvalue weighted by Crippen LogP contribution is -2.18. The lowest BCUT2D eigenvalue weighted by molar-refractivity contribution is 0.356. The molecule has 2 unspecified atom stereocenters. The fourth-order valence-corrected chi connectivity index (χ4v) is 5.22. The number of nitrogens with one attached hydrogen (secondary N) is 1. The molecule has 1 nitrogen and oxygen atoms in total. The van der Waals surface area contributed by atoms with E-state index in [1.54, 1.807) is 22.9 Å². The maximum absolute atomic E-state index is 7.94. The van der Waals surface area contributed by atoms with Gasteiger partial charge >= 0.3 is 0 Å². The van der Waals surface area contributed by atoms with Crippen LogP contribution in [0, 0.1) is 11.3 Å². The van der Waals surface area contributed by atoms with Gasteiger partial charge in [-0.25, -0.2) is 0 Å². The molecular weight excluding hydrogens is 314 g/mol.